The molecule has 1 aliphatic rings. The Hall–Kier alpha value is -0.390. The summed E-state index contributed by atoms with van der Waals surface area (Å²) in [5, 5.41) is 4.08. The van der Waals surface area contributed by atoms with Crippen LogP contribution in [0.25, 0.3) is 0 Å². The van der Waals surface area contributed by atoms with E-state index in [9.17, 15) is 0 Å². The molecule has 4 nitrogen and oxygen atoms in total. The van der Waals surface area contributed by atoms with Crippen molar-refractivity contribution in [1.29, 1.82) is 0 Å². The largest absolute Gasteiger partial charge is 0.383 e. The van der Waals surface area contributed by atoms with Crippen LogP contribution in [0.2, 0.25) is 0 Å². The van der Waals surface area contributed by atoms with Gasteiger partial charge in [-0.3, -0.25) is 0 Å². The zero-order valence-electron chi connectivity index (χ0n) is 11.1. The number of likely N-dealkylation sites (N-methyl/N-ethyl adjacent to an activating group) is 1. The van der Waals surface area contributed by atoms with Crippen molar-refractivity contribution in [2.75, 3.05) is 33.4 Å². The zero-order chi connectivity index (χ0) is 12.7. The molecule has 2 atom stereocenters. The Bertz CT molecular complexity index is 233. The minimum atomic E-state index is 0.242. The third-order valence-electron chi connectivity index (χ3n) is 2.90. The van der Waals surface area contributed by atoms with E-state index < -0.39 is 0 Å². The van der Waals surface area contributed by atoms with Crippen LogP contribution in [0, 0.1) is 0 Å². The van der Waals surface area contributed by atoms with Crippen molar-refractivity contribution < 1.29 is 9.47 Å². The van der Waals surface area contributed by atoms with Crippen molar-refractivity contribution in [3.05, 3.63) is 0 Å². The summed E-state index contributed by atoms with van der Waals surface area (Å²) in [5.41, 5.74) is 0. The molecular weight excluding hydrogens is 236 g/mol. The number of hydrogen-bond acceptors (Lipinski definition) is 3. The first kappa shape index (κ1) is 14.7. The fraction of sp³-hybridized carbons (Fsp3) is 0.917. The Kier molecular flexibility index (Phi) is 6.77. The van der Waals surface area contributed by atoms with Gasteiger partial charge in [0.1, 0.15) is 0 Å². The summed E-state index contributed by atoms with van der Waals surface area (Å²) in [6.07, 6.45) is 2.65. The van der Waals surface area contributed by atoms with Crippen molar-refractivity contribution in [2.24, 2.45) is 0 Å². The van der Waals surface area contributed by atoms with Crippen LogP contribution in [-0.4, -0.2) is 55.6 Å². The van der Waals surface area contributed by atoms with E-state index in [2.05, 4.69) is 24.1 Å². The van der Waals surface area contributed by atoms with Crippen LogP contribution in [0.5, 0.6) is 0 Å². The molecule has 0 bridgehead atoms. The van der Waals surface area contributed by atoms with Gasteiger partial charge in [-0.05, 0) is 38.9 Å². The molecule has 0 aliphatic carbocycles. The Morgan fingerprint density at radius 3 is 2.94 bits per heavy atom. The van der Waals surface area contributed by atoms with Crippen LogP contribution in [0.4, 0.5) is 0 Å². The molecule has 1 N–H and O–H groups in total. The fourth-order valence-corrected chi connectivity index (χ4v) is 2.39. The first-order chi connectivity index (χ1) is 8.17. The highest BCUT2D eigenvalue weighted by atomic mass is 32.1. The first-order valence-electron chi connectivity index (χ1n) is 6.33. The topological polar surface area (TPSA) is 33.7 Å². The molecule has 1 aliphatic heterocycles. The van der Waals surface area contributed by atoms with Crippen molar-refractivity contribution in [1.82, 2.24) is 10.2 Å². The molecule has 0 spiro atoms. The van der Waals surface area contributed by atoms with Crippen LogP contribution in [-0.2, 0) is 9.47 Å². The summed E-state index contributed by atoms with van der Waals surface area (Å²) in [7, 11) is 1.70. The molecule has 0 aromatic heterocycles. The summed E-state index contributed by atoms with van der Waals surface area (Å²) in [6.45, 7) is 7.53. The predicted octanol–water partition coefficient (Wildman–Crippen LogP) is 1.40. The molecule has 0 aromatic carbocycles. The molecule has 0 aromatic rings. The highest BCUT2D eigenvalue weighted by molar-refractivity contribution is 7.80. The van der Waals surface area contributed by atoms with Crippen molar-refractivity contribution in [2.45, 2.75) is 38.8 Å². The second kappa shape index (κ2) is 7.84. The maximum absolute atomic E-state index is 5.63. The smallest absolute Gasteiger partial charge is 0.169 e. The van der Waals surface area contributed by atoms with Gasteiger partial charge >= 0.3 is 0 Å². The number of nitrogens with one attached hydrogen (secondary N) is 1. The average Bonchev–Trinajstić information content (AvgIpc) is 2.78. The van der Waals surface area contributed by atoms with E-state index in [1.54, 1.807) is 7.11 Å². The van der Waals surface area contributed by atoms with E-state index in [1.165, 1.54) is 6.42 Å². The summed E-state index contributed by atoms with van der Waals surface area (Å²) < 4.78 is 10.7. The van der Waals surface area contributed by atoms with Crippen molar-refractivity contribution >= 4 is 17.3 Å². The number of hydrogen-bond donors (Lipinski definition) is 1. The van der Waals surface area contributed by atoms with E-state index in [-0.39, 0.29) is 6.04 Å². The molecule has 0 saturated carbocycles. The van der Waals surface area contributed by atoms with Gasteiger partial charge in [-0.15, -0.1) is 0 Å². The zero-order valence-corrected chi connectivity index (χ0v) is 11.9. The molecule has 1 saturated heterocycles. The normalized spacial score (nSPS) is 21.2. The second-order valence-corrected chi connectivity index (χ2v) is 4.87. The van der Waals surface area contributed by atoms with E-state index in [0.29, 0.717) is 12.7 Å². The van der Waals surface area contributed by atoms with E-state index in [4.69, 9.17) is 21.7 Å². The van der Waals surface area contributed by atoms with E-state index in [1.807, 2.05) is 0 Å². The van der Waals surface area contributed by atoms with Gasteiger partial charge in [-0.25, -0.2) is 0 Å². The van der Waals surface area contributed by atoms with Gasteiger partial charge in [0.25, 0.3) is 0 Å². The Morgan fingerprint density at radius 2 is 2.41 bits per heavy atom. The fourth-order valence-electron chi connectivity index (χ4n) is 1.98. The molecule has 1 heterocycles. The lowest BCUT2D eigenvalue weighted by Gasteiger charge is -2.28. The number of ether oxygens (including phenoxy) is 2. The molecule has 1 rings (SSSR count). The van der Waals surface area contributed by atoms with E-state index >= 15 is 0 Å². The third kappa shape index (κ3) is 5.19. The summed E-state index contributed by atoms with van der Waals surface area (Å²) in [4.78, 5) is 2.16. The van der Waals surface area contributed by atoms with Crippen LogP contribution >= 0.6 is 12.2 Å². The van der Waals surface area contributed by atoms with Gasteiger partial charge in [0.2, 0.25) is 0 Å². The van der Waals surface area contributed by atoms with E-state index in [0.717, 1.165) is 31.2 Å². The Morgan fingerprint density at radius 1 is 1.65 bits per heavy atom. The molecule has 5 heteroatoms. The molecular formula is C12H24N2O2S. The average molecular weight is 260 g/mol. The standard InChI is InChI=1S/C12H24N2O2S/c1-4-14(8-11-6-5-7-16-11)12(17)13-10(2)9-15-3/h10-11H,4-9H2,1-3H3,(H,13,17). The highest BCUT2D eigenvalue weighted by Gasteiger charge is 2.20. The highest BCUT2D eigenvalue weighted by Crippen LogP contribution is 2.13. The van der Waals surface area contributed by atoms with Crippen LogP contribution < -0.4 is 5.32 Å². The lowest BCUT2D eigenvalue weighted by Crippen LogP contribution is -2.47. The summed E-state index contributed by atoms with van der Waals surface area (Å²) in [6, 6.07) is 0.242. The number of rotatable bonds is 6. The number of methoxy groups -OCH3 is 1. The maximum atomic E-state index is 5.63. The lowest BCUT2D eigenvalue weighted by molar-refractivity contribution is 0.0916. The number of thiocarbonyl (C=S) groups is 1. The van der Waals surface area contributed by atoms with Gasteiger partial charge in [0.15, 0.2) is 5.11 Å². The predicted molar refractivity (Wildman–Crippen MR) is 73.3 cm³/mol. The minimum absolute atomic E-state index is 0.242. The van der Waals surface area contributed by atoms with Gasteiger partial charge in [0.05, 0.1) is 12.7 Å². The van der Waals surface area contributed by atoms with Gasteiger partial charge in [-0.1, -0.05) is 0 Å². The minimum Gasteiger partial charge on any atom is -0.383 e. The first-order valence-corrected chi connectivity index (χ1v) is 6.74. The number of nitrogens with zero attached hydrogens (tertiary/aromatic N) is 1. The third-order valence-corrected chi connectivity index (χ3v) is 3.28. The van der Waals surface area contributed by atoms with Crippen molar-refractivity contribution in [3.63, 3.8) is 0 Å². The molecule has 17 heavy (non-hydrogen) atoms. The van der Waals surface area contributed by atoms with Gasteiger partial charge < -0.3 is 19.7 Å². The molecule has 2 unspecified atom stereocenters. The van der Waals surface area contributed by atoms with Gasteiger partial charge in [0, 0.05) is 32.8 Å². The molecule has 100 valence electrons. The molecule has 0 amide bonds. The van der Waals surface area contributed by atoms with Crippen LogP contribution in [0.15, 0.2) is 0 Å². The Balaban J connectivity index is 2.34. The Labute approximate surface area is 110 Å². The van der Waals surface area contributed by atoms with Crippen molar-refractivity contribution in [3.8, 4) is 0 Å². The van der Waals surface area contributed by atoms with Crippen LogP contribution in [0.3, 0.4) is 0 Å². The quantitative estimate of drug-likeness (QED) is 0.730. The lowest BCUT2D eigenvalue weighted by atomic mass is 10.2. The summed E-state index contributed by atoms with van der Waals surface area (Å²) in [5.74, 6) is 0. The SMILES string of the molecule is CCN(CC1CCCO1)C(=S)NC(C)COC. The maximum Gasteiger partial charge on any atom is 0.169 e. The van der Waals surface area contributed by atoms with Crippen LogP contribution in [0.1, 0.15) is 26.7 Å². The molecule has 1 fully saturated rings. The van der Waals surface area contributed by atoms with Gasteiger partial charge in [-0.2, -0.15) is 0 Å². The second-order valence-electron chi connectivity index (χ2n) is 4.48. The monoisotopic (exact) mass is 260 g/mol. The molecule has 0 radical (unpaired) electrons. The summed E-state index contributed by atoms with van der Waals surface area (Å²) >= 11 is 5.40.